The van der Waals surface area contributed by atoms with Crippen LogP contribution in [0.15, 0.2) is 22.7 Å². The van der Waals surface area contributed by atoms with Crippen molar-refractivity contribution < 1.29 is 9.53 Å². The van der Waals surface area contributed by atoms with Crippen molar-refractivity contribution in [1.82, 2.24) is 5.32 Å². The number of rotatable bonds is 1. The third-order valence-electron chi connectivity index (χ3n) is 2.54. The zero-order valence-electron chi connectivity index (χ0n) is 8.42. The third-order valence-corrected chi connectivity index (χ3v) is 3.03. The third kappa shape index (κ3) is 2.31. The Labute approximate surface area is 96.9 Å². The highest BCUT2D eigenvalue weighted by Gasteiger charge is 2.24. The first kappa shape index (κ1) is 10.5. The van der Waals surface area contributed by atoms with E-state index in [1.165, 1.54) is 11.1 Å². The second-order valence-corrected chi connectivity index (χ2v) is 4.51. The molecule has 0 saturated heterocycles. The van der Waals surface area contributed by atoms with Gasteiger partial charge in [0.05, 0.1) is 0 Å². The van der Waals surface area contributed by atoms with Gasteiger partial charge in [0.25, 0.3) is 0 Å². The average molecular weight is 270 g/mol. The molecular formula is C11H12BrNO2. The van der Waals surface area contributed by atoms with Crippen molar-refractivity contribution in [3.8, 4) is 0 Å². The fourth-order valence-electron chi connectivity index (χ4n) is 1.84. The van der Waals surface area contributed by atoms with Crippen LogP contribution in [0, 0.1) is 0 Å². The van der Waals surface area contributed by atoms with Gasteiger partial charge < -0.3 is 10.1 Å². The summed E-state index contributed by atoms with van der Waals surface area (Å²) < 4.78 is 6.29. The molecule has 1 unspecified atom stereocenters. The van der Waals surface area contributed by atoms with E-state index in [2.05, 4.69) is 33.4 Å². The summed E-state index contributed by atoms with van der Waals surface area (Å²) in [6.07, 6.45) is 1.25. The normalized spacial score (nSPS) is 18.4. The van der Waals surface area contributed by atoms with Crippen molar-refractivity contribution in [3.63, 3.8) is 0 Å². The molecule has 80 valence electrons. The fraction of sp³-hybridized carbons (Fsp3) is 0.364. The monoisotopic (exact) mass is 269 g/mol. The Morgan fingerprint density at radius 2 is 2.20 bits per heavy atom. The molecule has 0 saturated carbocycles. The number of alkyl carbamates (subject to hydrolysis) is 1. The molecule has 0 fully saturated rings. The standard InChI is InChI=1S/C11H12BrNO2/c1-13-11(14)15-10-5-7-2-3-9(12)4-8(7)6-10/h2-4,10H,5-6H2,1H3,(H,13,14). The minimum absolute atomic E-state index is 0.0192. The number of fused-ring (bicyclic) bond motifs is 1. The summed E-state index contributed by atoms with van der Waals surface area (Å²) in [6, 6.07) is 6.18. The summed E-state index contributed by atoms with van der Waals surface area (Å²) in [6.45, 7) is 0. The van der Waals surface area contributed by atoms with Crippen molar-refractivity contribution >= 4 is 22.0 Å². The summed E-state index contributed by atoms with van der Waals surface area (Å²) in [5.41, 5.74) is 2.53. The summed E-state index contributed by atoms with van der Waals surface area (Å²) in [7, 11) is 1.57. The van der Waals surface area contributed by atoms with Gasteiger partial charge in [-0.05, 0) is 23.3 Å². The van der Waals surface area contributed by atoms with E-state index in [1.54, 1.807) is 7.05 Å². The van der Waals surface area contributed by atoms with E-state index in [0.29, 0.717) is 0 Å². The van der Waals surface area contributed by atoms with Gasteiger partial charge in [-0.1, -0.05) is 22.0 Å². The first-order valence-electron chi connectivity index (χ1n) is 4.84. The molecule has 1 atom stereocenters. The van der Waals surface area contributed by atoms with Crippen LogP contribution in [-0.2, 0) is 17.6 Å². The van der Waals surface area contributed by atoms with Crippen LogP contribution >= 0.6 is 15.9 Å². The van der Waals surface area contributed by atoms with Gasteiger partial charge in [0.15, 0.2) is 0 Å². The number of hydrogen-bond acceptors (Lipinski definition) is 2. The highest BCUT2D eigenvalue weighted by molar-refractivity contribution is 9.10. The minimum Gasteiger partial charge on any atom is -0.446 e. The van der Waals surface area contributed by atoms with Gasteiger partial charge in [-0.25, -0.2) is 4.79 Å². The molecule has 0 radical (unpaired) electrons. The molecule has 1 amide bonds. The van der Waals surface area contributed by atoms with E-state index < -0.39 is 0 Å². The quantitative estimate of drug-likeness (QED) is 0.850. The van der Waals surface area contributed by atoms with E-state index >= 15 is 0 Å². The Morgan fingerprint density at radius 1 is 1.47 bits per heavy atom. The van der Waals surface area contributed by atoms with Crippen LogP contribution in [0.25, 0.3) is 0 Å². The average Bonchev–Trinajstić information content (AvgIpc) is 2.59. The number of hydrogen-bond donors (Lipinski definition) is 1. The molecule has 1 aromatic rings. The van der Waals surface area contributed by atoms with Crippen LogP contribution in [-0.4, -0.2) is 19.2 Å². The lowest BCUT2D eigenvalue weighted by Gasteiger charge is -2.09. The molecule has 15 heavy (non-hydrogen) atoms. The van der Waals surface area contributed by atoms with Crippen LogP contribution in [0.5, 0.6) is 0 Å². The van der Waals surface area contributed by atoms with E-state index in [-0.39, 0.29) is 12.2 Å². The molecule has 0 spiro atoms. The molecule has 1 aliphatic carbocycles. The Balaban J connectivity index is 2.06. The van der Waals surface area contributed by atoms with Gasteiger partial charge in [-0.2, -0.15) is 0 Å². The summed E-state index contributed by atoms with van der Waals surface area (Å²) in [4.78, 5) is 11.0. The molecule has 1 aromatic carbocycles. The van der Waals surface area contributed by atoms with Crippen molar-refractivity contribution in [2.24, 2.45) is 0 Å². The maximum absolute atomic E-state index is 11.0. The zero-order chi connectivity index (χ0) is 10.8. The largest absolute Gasteiger partial charge is 0.446 e. The molecule has 0 aliphatic heterocycles. The van der Waals surface area contributed by atoms with Crippen molar-refractivity contribution in [2.75, 3.05) is 7.05 Å². The summed E-state index contributed by atoms with van der Waals surface area (Å²) >= 11 is 3.43. The SMILES string of the molecule is CNC(=O)OC1Cc2ccc(Br)cc2C1. The number of amides is 1. The Morgan fingerprint density at radius 3 is 2.93 bits per heavy atom. The lowest BCUT2D eigenvalue weighted by Crippen LogP contribution is -2.26. The van der Waals surface area contributed by atoms with Gasteiger partial charge in [0.1, 0.15) is 6.10 Å². The lowest BCUT2D eigenvalue weighted by atomic mass is 10.1. The van der Waals surface area contributed by atoms with Gasteiger partial charge in [0.2, 0.25) is 0 Å². The van der Waals surface area contributed by atoms with Crippen LogP contribution in [0.4, 0.5) is 4.79 Å². The maximum Gasteiger partial charge on any atom is 0.407 e. The van der Waals surface area contributed by atoms with E-state index in [9.17, 15) is 4.79 Å². The Kier molecular flexibility index (Phi) is 2.95. The van der Waals surface area contributed by atoms with Gasteiger partial charge >= 0.3 is 6.09 Å². The van der Waals surface area contributed by atoms with Crippen molar-refractivity contribution in [3.05, 3.63) is 33.8 Å². The van der Waals surface area contributed by atoms with Gasteiger partial charge in [0, 0.05) is 24.4 Å². The molecule has 4 heteroatoms. The highest BCUT2D eigenvalue weighted by atomic mass is 79.9. The molecular weight excluding hydrogens is 258 g/mol. The number of carbonyl (C=O) groups excluding carboxylic acids is 1. The molecule has 0 bridgehead atoms. The van der Waals surface area contributed by atoms with E-state index in [4.69, 9.17) is 4.74 Å². The molecule has 1 N–H and O–H groups in total. The van der Waals surface area contributed by atoms with Crippen LogP contribution in [0.1, 0.15) is 11.1 Å². The number of nitrogens with one attached hydrogen (secondary N) is 1. The lowest BCUT2D eigenvalue weighted by molar-refractivity contribution is 0.105. The molecule has 3 nitrogen and oxygen atoms in total. The Hall–Kier alpha value is -1.03. The molecule has 0 aromatic heterocycles. The number of halogens is 1. The predicted molar refractivity (Wildman–Crippen MR) is 60.9 cm³/mol. The number of ether oxygens (including phenoxy) is 1. The minimum atomic E-state index is -0.355. The molecule has 2 rings (SSSR count). The maximum atomic E-state index is 11.0. The molecule has 0 heterocycles. The first-order valence-corrected chi connectivity index (χ1v) is 5.64. The van der Waals surface area contributed by atoms with E-state index in [1.807, 2.05) is 6.07 Å². The predicted octanol–water partition coefficient (Wildman–Crippen LogP) is 2.27. The van der Waals surface area contributed by atoms with Gasteiger partial charge in [-0.3, -0.25) is 0 Å². The number of benzene rings is 1. The zero-order valence-corrected chi connectivity index (χ0v) is 10.0. The fourth-order valence-corrected chi connectivity index (χ4v) is 2.25. The second-order valence-electron chi connectivity index (χ2n) is 3.60. The molecule has 1 aliphatic rings. The topological polar surface area (TPSA) is 38.3 Å². The van der Waals surface area contributed by atoms with Crippen LogP contribution < -0.4 is 5.32 Å². The van der Waals surface area contributed by atoms with Gasteiger partial charge in [-0.15, -0.1) is 0 Å². The Bertz CT molecular complexity index is 392. The van der Waals surface area contributed by atoms with E-state index in [0.717, 1.165) is 17.3 Å². The summed E-state index contributed by atoms with van der Waals surface area (Å²) in [5, 5.41) is 2.46. The highest BCUT2D eigenvalue weighted by Crippen LogP contribution is 2.27. The number of carbonyl (C=O) groups is 1. The summed E-state index contributed by atoms with van der Waals surface area (Å²) in [5.74, 6) is 0. The van der Waals surface area contributed by atoms with Crippen LogP contribution in [0.2, 0.25) is 0 Å². The first-order chi connectivity index (χ1) is 7.19. The van der Waals surface area contributed by atoms with Crippen LogP contribution in [0.3, 0.4) is 0 Å². The smallest absolute Gasteiger partial charge is 0.407 e. The van der Waals surface area contributed by atoms with Crippen molar-refractivity contribution in [1.29, 1.82) is 0 Å². The van der Waals surface area contributed by atoms with Crippen molar-refractivity contribution in [2.45, 2.75) is 18.9 Å². The second kappa shape index (κ2) is 4.23.